The average Bonchev–Trinajstić information content (AvgIpc) is 2.11. The molecule has 0 aromatic rings. The molecule has 1 atom stereocenters. The van der Waals surface area contributed by atoms with Crippen molar-refractivity contribution in [1.29, 1.82) is 0 Å². The molecule has 0 saturated carbocycles. The molecule has 0 aliphatic heterocycles. The van der Waals surface area contributed by atoms with Gasteiger partial charge in [0.25, 0.3) is 0 Å². The van der Waals surface area contributed by atoms with E-state index in [0.717, 1.165) is 0 Å². The first-order valence-electron chi connectivity index (χ1n) is 3.73. The van der Waals surface area contributed by atoms with Crippen LogP contribution in [0.5, 0.6) is 0 Å². The van der Waals surface area contributed by atoms with Crippen molar-refractivity contribution in [3.8, 4) is 0 Å². The number of carboxylic acids is 1. The second-order valence-corrected chi connectivity index (χ2v) is 2.53. The molecule has 0 aromatic heterocycles. The maximum atomic E-state index is 10.9. The van der Waals surface area contributed by atoms with Gasteiger partial charge < -0.3 is 16.6 Å². The summed E-state index contributed by atoms with van der Waals surface area (Å²) in [5.41, 5.74) is 10.2. The molecular weight excluding hydrogens is 176 g/mol. The van der Waals surface area contributed by atoms with Gasteiger partial charge in [-0.15, -0.1) is 0 Å². The Morgan fingerprint density at radius 1 is 1.31 bits per heavy atom. The first-order chi connectivity index (χ1) is 5.99. The third-order valence-electron chi connectivity index (χ3n) is 1.47. The third-order valence-corrected chi connectivity index (χ3v) is 1.47. The Morgan fingerprint density at radius 2 is 1.85 bits per heavy atom. The number of nitrogens with two attached hydrogens (primary N) is 2. The highest BCUT2D eigenvalue weighted by Gasteiger charge is 2.20. The van der Waals surface area contributed by atoms with E-state index in [1.165, 1.54) is 0 Å². The summed E-state index contributed by atoms with van der Waals surface area (Å²) in [6, 6.07) is -1.05. The smallest absolute Gasteiger partial charge is 0.303 e. The summed E-state index contributed by atoms with van der Waals surface area (Å²) < 4.78 is 0. The Bertz CT molecular complexity index is 227. The monoisotopic (exact) mass is 188 g/mol. The van der Waals surface area contributed by atoms with Crippen LogP contribution < -0.4 is 11.5 Å². The lowest BCUT2D eigenvalue weighted by molar-refractivity contribution is -0.138. The maximum absolute atomic E-state index is 10.9. The van der Waals surface area contributed by atoms with Gasteiger partial charge in [0, 0.05) is 6.42 Å². The summed E-state index contributed by atoms with van der Waals surface area (Å²) in [5.74, 6) is -2.62. The van der Waals surface area contributed by atoms with E-state index >= 15 is 0 Å². The standard InChI is InChI=1S/C7H12N2O4/c8-3-5(10)7(13)4(9)1-2-6(11)12/h4H,1-3,8-9H2,(H,11,12)/t4-/m0/s1. The van der Waals surface area contributed by atoms with Crippen molar-refractivity contribution in [1.82, 2.24) is 0 Å². The average molecular weight is 188 g/mol. The van der Waals surface area contributed by atoms with E-state index in [9.17, 15) is 14.4 Å². The second-order valence-electron chi connectivity index (χ2n) is 2.53. The van der Waals surface area contributed by atoms with Gasteiger partial charge >= 0.3 is 5.97 Å². The van der Waals surface area contributed by atoms with Crippen molar-refractivity contribution in [2.24, 2.45) is 11.5 Å². The summed E-state index contributed by atoms with van der Waals surface area (Å²) in [5, 5.41) is 8.26. The molecule has 74 valence electrons. The highest BCUT2D eigenvalue weighted by atomic mass is 16.4. The minimum atomic E-state index is -1.05. The van der Waals surface area contributed by atoms with Gasteiger partial charge in [0.1, 0.15) is 0 Å². The molecule has 5 N–H and O–H groups in total. The Morgan fingerprint density at radius 3 is 2.23 bits per heavy atom. The van der Waals surface area contributed by atoms with Crippen LogP contribution in [0, 0.1) is 0 Å². The first-order valence-corrected chi connectivity index (χ1v) is 3.73. The molecule has 0 saturated heterocycles. The third kappa shape index (κ3) is 4.34. The van der Waals surface area contributed by atoms with Gasteiger partial charge in [0.2, 0.25) is 11.6 Å². The molecule has 0 aliphatic rings. The van der Waals surface area contributed by atoms with Gasteiger partial charge in [-0.05, 0) is 6.42 Å². The first kappa shape index (κ1) is 11.7. The van der Waals surface area contributed by atoms with Gasteiger partial charge in [-0.25, -0.2) is 0 Å². The number of rotatable bonds is 6. The fourth-order valence-electron chi connectivity index (χ4n) is 0.717. The lowest BCUT2D eigenvalue weighted by Gasteiger charge is -2.06. The molecule has 0 aromatic carbocycles. The molecule has 6 nitrogen and oxygen atoms in total. The second kappa shape index (κ2) is 5.39. The van der Waals surface area contributed by atoms with Crippen molar-refractivity contribution in [2.75, 3.05) is 6.54 Å². The minimum absolute atomic E-state index is 0.0418. The number of hydrogen-bond donors (Lipinski definition) is 3. The molecule has 13 heavy (non-hydrogen) atoms. The number of carbonyl (C=O) groups excluding carboxylic acids is 2. The molecule has 0 unspecified atom stereocenters. The van der Waals surface area contributed by atoms with Gasteiger partial charge in [0.15, 0.2) is 0 Å². The SMILES string of the molecule is NCC(=O)C(=O)[C@@H](N)CCC(=O)O. The summed E-state index contributed by atoms with van der Waals surface area (Å²) >= 11 is 0. The molecule has 0 radical (unpaired) electrons. The number of Topliss-reactive ketones (excluding diaryl/α,β-unsaturated/α-hetero) is 2. The molecular formula is C7H12N2O4. The van der Waals surface area contributed by atoms with Gasteiger partial charge in [-0.1, -0.05) is 0 Å². The number of ketones is 2. The quantitative estimate of drug-likeness (QED) is 0.426. The Balaban J connectivity index is 3.96. The van der Waals surface area contributed by atoms with E-state index in [0.29, 0.717) is 0 Å². The Kier molecular flexibility index (Phi) is 4.86. The van der Waals surface area contributed by atoms with Gasteiger partial charge in [0.05, 0.1) is 12.6 Å². The van der Waals surface area contributed by atoms with Crippen LogP contribution in [0.3, 0.4) is 0 Å². The molecule has 0 fully saturated rings. The van der Waals surface area contributed by atoms with Crippen LogP contribution >= 0.6 is 0 Å². The molecule has 0 aliphatic carbocycles. The Labute approximate surface area is 74.9 Å². The summed E-state index contributed by atoms with van der Waals surface area (Å²) in [6.07, 6.45) is -0.273. The van der Waals surface area contributed by atoms with Crippen LogP contribution in [0.1, 0.15) is 12.8 Å². The fourth-order valence-corrected chi connectivity index (χ4v) is 0.717. The number of carboxylic acid groups (broad SMARTS) is 1. The molecule has 0 rings (SSSR count). The lowest BCUT2D eigenvalue weighted by atomic mass is 10.0. The number of hydrogen-bond acceptors (Lipinski definition) is 5. The highest BCUT2D eigenvalue weighted by molar-refractivity contribution is 6.39. The van der Waals surface area contributed by atoms with E-state index < -0.39 is 23.6 Å². The highest BCUT2D eigenvalue weighted by Crippen LogP contribution is 1.96. The molecule has 6 heteroatoms. The van der Waals surface area contributed by atoms with Crippen LogP contribution in [0.15, 0.2) is 0 Å². The zero-order valence-electron chi connectivity index (χ0n) is 7.03. The topological polar surface area (TPSA) is 123 Å². The van der Waals surface area contributed by atoms with Crippen LogP contribution in [0.2, 0.25) is 0 Å². The van der Waals surface area contributed by atoms with Gasteiger partial charge in [-0.3, -0.25) is 14.4 Å². The molecule has 0 spiro atoms. The predicted octanol–water partition coefficient (Wildman–Crippen LogP) is -1.72. The largest absolute Gasteiger partial charge is 0.481 e. The van der Waals surface area contributed by atoms with Crippen LogP contribution in [-0.2, 0) is 14.4 Å². The van der Waals surface area contributed by atoms with Crippen LogP contribution in [-0.4, -0.2) is 35.2 Å². The van der Waals surface area contributed by atoms with Crippen molar-refractivity contribution in [3.63, 3.8) is 0 Å². The normalized spacial score (nSPS) is 12.2. The Hall–Kier alpha value is -1.27. The van der Waals surface area contributed by atoms with E-state index in [4.69, 9.17) is 16.6 Å². The molecule has 0 bridgehead atoms. The van der Waals surface area contributed by atoms with E-state index in [1.807, 2.05) is 0 Å². The fraction of sp³-hybridized carbons (Fsp3) is 0.571. The number of carbonyl (C=O) groups is 3. The minimum Gasteiger partial charge on any atom is -0.481 e. The predicted molar refractivity (Wildman–Crippen MR) is 43.9 cm³/mol. The van der Waals surface area contributed by atoms with Crippen molar-refractivity contribution in [2.45, 2.75) is 18.9 Å². The van der Waals surface area contributed by atoms with Crippen LogP contribution in [0.4, 0.5) is 0 Å². The van der Waals surface area contributed by atoms with Crippen molar-refractivity contribution < 1.29 is 19.5 Å². The maximum Gasteiger partial charge on any atom is 0.303 e. The summed E-state index contributed by atoms with van der Waals surface area (Å²) in [4.78, 5) is 31.7. The van der Waals surface area contributed by atoms with Gasteiger partial charge in [-0.2, -0.15) is 0 Å². The van der Waals surface area contributed by atoms with Crippen molar-refractivity contribution in [3.05, 3.63) is 0 Å². The van der Waals surface area contributed by atoms with E-state index in [1.54, 1.807) is 0 Å². The lowest BCUT2D eigenvalue weighted by Crippen LogP contribution is -2.39. The van der Waals surface area contributed by atoms with E-state index in [2.05, 4.69) is 0 Å². The zero-order valence-corrected chi connectivity index (χ0v) is 7.03. The summed E-state index contributed by atoms with van der Waals surface area (Å²) in [7, 11) is 0. The number of aliphatic carboxylic acids is 1. The summed E-state index contributed by atoms with van der Waals surface area (Å²) in [6.45, 7) is -0.389. The zero-order chi connectivity index (χ0) is 10.4. The molecule has 0 heterocycles. The van der Waals surface area contributed by atoms with E-state index in [-0.39, 0.29) is 19.4 Å². The molecule has 0 amide bonds. The van der Waals surface area contributed by atoms with Crippen molar-refractivity contribution >= 4 is 17.5 Å². The van der Waals surface area contributed by atoms with Crippen LogP contribution in [0.25, 0.3) is 0 Å².